The van der Waals surface area contributed by atoms with Gasteiger partial charge in [-0.2, -0.15) is 13.5 Å². The fraction of sp³-hybridized carbons (Fsp3) is 0.500. The number of hydrogen-bond acceptors (Lipinski definition) is 9. The molecule has 1 fully saturated rings. The lowest BCUT2D eigenvalue weighted by atomic mass is 9.97. The van der Waals surface area contributed by atoms with E-state index in [1.807, 2.05) is 12.3 Å². The number of ether oxygens (including phenoxy) is 2. The van der Waals surface area contributed by atoms with E-state index in [9.17, 15) is 30.8 Å². The van der Waals surface area contributed by atoms with Gasteiger partial charge in [-0.25, -0.2) is 22.5 Å². The van der Waals surface area contributed by atoms with E-state index in [1.54, 1.807) is 12.1 Å². The lowest BCUT2D eigenvalue weighted by Gasteiger charge is -2.31. The Hall–Kier alpha value is -3.08. The molecular weight excluding hydrogens is 604 g/mol. The number of aromatic nitrogens is 3. The molecule has 0 aliphatic carbocycles. The van der Waals surface area contributed by atoms with E-state index >= 15 is 0 Å². The third-order valence-electron chi connectivity index (χ3n) is 7.16. The first-order valence-corrected chi connectivity index (χ1v) is 15.7. The lowest BCUT2D eigenvalue weighted by molar-refractivity contribution is -0.155. The maximum Gasteiger partial charge on any atom is 0.306 e. The number of piperidine rings is 1. The number of alkyl halides is 4. The third-order valence-corrected chi connectivity index (χ3v) is 8.67. The molecule has 0 N–H and O–H groups in total. The average Bonchev–Trinajstić information content (AvgIpc) is 3.52. The van der Waals surface area contributed by atoms with Crippen LogP contribution in [0, 0.1) is 6.92 Å². The molecule has 16 heteroatoms. The van der Waals surface area contributed by atoms with Crippen molar-refractivity contribution >= 4 is 27.4 Å². The first-order chi connectivity index (χ1) is 19.9. The van der Waals surface area contributed by atoms with Gasteiger partial charge in [0.1, 0.15) is 29.4 Å². The Balaban J connectivity index is 1.20. The van der Waals surface area contributed by atoms with Crippen molar-refractivity contribution in [3.8, 4) is 5.75 Å². The minimum absolute atomic E-state index is 0.0412. The summed E-state index contributed by atoms with van der Waals surface area (Å²) in [6.45, 7) is 2.26. The highest BCUT2D eigenvalue weighted by Crippen LogP contribution is 2.37. The number of rotatable bonds is 8. The molecule has 4 heterocycles. The Bertz CT molecular complexity index is 1550. The molecule has 2 aliphatic rings. The fourth-order valence-electron chi connectivity index (χ4n) is 4.99. The van der Waals surface area contributed by atoms with Crippen LogP contribution in [0.15, 0.2) is 23.6 Å². The molecule has 3 aromatic rings. The summed E-state index contributed by atoms with van der Waals surface area (Å²) in [6, 6.07) is 3.97. The summed E-state index contributed by atoms with van der Waals surface area (Å²) in [7, 11) is -3.74. The molecule has 0 bridgehead atoms. The Morgan fingerprint density at radius 3 is 2.45 bits per heavy atom. The monoisotopic (exact) mass is 632 g/mol. The smallest absolute Gasteiger partial charge is 0.306 e. The zero-order chi connectivity index (χ0) is 30.2. The predicted octanol–water partition coefficient (Wildman–Crippen LogP) is 5.01. The standard InChI is InChI=1S/C26H28F4N4O6S2/c1-14-3-4-21(40-42(2,36)37)17-12-39-26(38-11-16(14)17)19-13-41-25(31-19)15-5-7-33(8-6-15)22(35)10-34-20(24(29)30)9-18(32-34)23(27)28/h3-4,9,13,15,23-24,26H,5-8,10-12H2,1-2H3. The fourth-order valence-corrected chi connectivity index (χ4v) is 6.46. The highest BCUT2D eigenvalue weighted by atomic mass is 32.2. The van der Waals surface area contributed by atoms with Gasteiger partial charge >= 0.3 is 10.1 Å². The quantitative estimate of drug-likeness (QED) is 0.252. The first-order valence-electron chi connectivity index (χ1n) is 13.0. The van der Waals surface area contributed by atoms with Gasteiger partial charge in [-0.3, -0.25) is 9.48 Å². The molecule has 5 rings (SSSR count). The third kappa shape index (κ3) is 6.76. The molecule has 228 valence electrons. The van der Waals surface area contributed by atoms with Crippen molar-refractivity contribution < 1.29 is 44.4 Å². The minimum Gasteiger partial charge on any atom is -0.382 e. The summed E-state index contributed by atoms with van der Waals surface area (Å²) in [5, 5.41) is 6.16. The Labute approximate surface area is 243 Å². The minimum atomic E-state index is -3.74. The summed E-state index contributed by atoms with van der Waals surface area (Å²) >= 11 is 1.43. The topological polar surface area (TPSA) is 113 Å². The van der Waals surface area contributed by atoms with Gasteiger partial charge in [0.05, 0.1) is 24.5 Å². The predicted molar refractivity (Wildman–Crippen MR) is 142 cm³/mol. The van der Waals surface area contributed by atoms with Crippen molar-refractivity contribution in [2.24, 2.45) is 0 Å². The molecule has 0 radical (unpaired) electrons. The zero-order valence-electron chi connectivity index (χ0n) is 22.6. The Kier molecular flexibility index (Phi) is 8.87. The number of aryl methyl sites for hydroxylation is 1. The number of nitrogens with zero attached hydrogens (tertiary/aromatic N) is 4. The number of carbonyl (C=O) groups is 1. The first kappa shape index (κ1) is 30.4. The van der Waals surface area contributed by atoms with Crippen molar-refractivity contribution in [3.05, 3.63) is 62.4 Å². The van der Waals surface area contributed by atoms with E-state index in [1.165, 1.54) is 16.2 Å². The van der Waals surface area contributed by atoms with E-state index < -0.39 is 53.1 Å². The summed E-state index contributed by atoms with van der Waals surface area (Å²) in [4.78, 5) is 19.0. The molecule has 1 saturated heterocycles. The molecule has 1 aromatic carbocycles. The van der Waals surface area contributed by atoms with Crippen LogP contribution in [0.4, 0.5) is 17.6 Å². The van der Waals surface area contributed by atoms with Gasteiger partial charge in [0, 0.05) is 30.0 Å². The number of benzene rings is 1. The van der Waals surface area contributed by atoms with Crippen LogP contribution in [0.25, 0.3) is 0 Å². The van der Waals surface area contributed by atoms with Crippen molar-refractivity contribution in [2.75, 3.05) is 19.3 Å². The van der Waals surface area contributed by atoms with Crippen molar-refractivity contribution in [3.63, 3.8) is 0 Å². The van der Waals surface area contributed by atoms with Gasteiger partial charge in [-0.1, -0.05) is 6.07 Å². The number of hydrogen-bond donors (Lipinski definition) is 0. The number of carbonyl (C=O) groups excluding carboxylic acids is 1. The van der Waals surface area contributed by atoms with Gasteiger partial charge in [0.15, 0.2) is 0 Å². The molecule has 1 unspecified atom stereocenters. The number of amides is 1. The highest BCUT2D eigenvalue weighted by Gasteiger charge is 2.30. The molecule has 42 heavy (non-hydrogen) atoms. The molecule has 1 atom stereocenters. The number of fused-ring (bicyclic) bond motifs is 1. The number of halogens is 4. The van der Waals surface area contributed by atoms with Crippen LogP contribution in [0.5, 0.6) is 5.75 Å². The molecule has 2 aliphatic heterocycles. The van der Waals surface area contributed by atoms with E-state index in [0.717, 1.165) is 22.4 Å². The van der Waals surface area contributed by atoms with Gasteiger partial charge in [-0.05, 0) is 43.0 Å². The van der Waals surface area contributed by atoms with E-state index in [4.69, 9.17) is 18.6 Å². The van der Waals surface area contributed by atoms with Crippen molar-refractivity contribution in [1.29, 1.82) is 0 Å². The molecule has 0 spiro atoms. The molecule has 2 aromatic heterocycles. The van der Waals surface area contributed by atoms with Gasteiger partial charge in [-0.15, -0.1) is 11.3 Å². The molecule has 10 nitrogen and oxygen atoms in total. The number of thiazole rings is 1. The largest absolute Gasteiger partial charge is 0.382 e. The SMILES string of the molecule is Cc1ccc(OS(C)(=O)=O)c2c1COC(c1csc(C3CCN(C(=O)Cn4nc(C(F)F)cc4C(F)F)CC3)n1)OC2. The van der Waals surface area contributed by atoms with Gasteiger partial charge < -0.3 is 18.6 Å². The summed E-state index contributed by atoms with van der Waals surface area (Å²) < 4.78 is 93.6. The Morgan fingerprint density at radius 2 is 1.81 bits per heavy atom. The van der Waals surface area contributed by atoms with Crippen molar-refractivity contribution in [2.45, 2.75) is 64.6 Å². The van der Waals surface area contributed by atoms with E-state index in [0.29, 0.717) is 47.9 Å². The second kappa shape index (κ2) is 12.3. The van der Waals surface area contributed by atoms with Crippen LogP contribution in [0.3, 0.4) is 0 Å². The zero-order valence-corrected chi connectivity index (χ0v) is 24.3. The van der Waals surface area contributed by atoms with E-state index in [2.05, 4.69) is 5.10 Å². The second-order valence-electron chi connectivity index (χ2n) is 10.1. The van der Waals surface area contributed by atoms with Crippen molar-refractivity contribution in [1.82, 2.24) is 19.7 Å². The molecule has 1 amide bonds. The van der Waals surface area contributed by atoms with Crippen LogP contribution in [-0.4, -0.2) is 53.3 Å². The summed E-state index contributed by atoms with van der Waals surface area (Å²) in [5.74, 6) is -0.247. The second-order valence-corrected chi connectivity index (χ2v) is 12.6. The normalized spacial score (nSPS) is 18.4. The van der Waals surface area contributed by atoms with Gasteiger partial charge in [0.25, 0.3) is 12.9 Å². The van der Waals surface area contributed by atoms with Crippen LogP contribution in [-0.2, 0) is 44.1 Å². The highest BCUT2D eigenvalue weighted by molar-refractivity contribution is 7.86. The summed E-state index contributed by atoms with van der Waals surface area (Å²) in [5.41, 5.74) is 1.34. The maximum atomic E-state index is 13.3. The van der Waals surface area contributed by atoms with Crippen LogP contribution < -0.4 is 4.18 Å². The molecule has 0 saturated carbocycles. The van der Waals surface area contributed by atoms with Crippen LogP contribution in [0.2, 0.25) is 0 Å². The molecular formula is C26H28F4N4O6S2. The van der Waals surface area contributed by atoms with Gasteiger partial charge in [0.2, 0.25) is 12.2 Å². The number of likely N-dealkylation sites (tertiary alicyclic amines) is 1. The maximum absolute atomic E-state index is 13.3. The van der Waals surface area contributed by atoms with Crippen LogP contribution >= 0.6 is 11.3 Å². The van der Waals surface area contributed by atoms with Crippen LogP contribution in [0.1, 0.15) is 76.7 Å². The van der Waals surface area contributed by atoms with E-state index in [-0.39, 0.29) is 24.9 Å². The Morgan fingerprint density at radius 1 is 1.12 bits per heavy atom. The summed E-state index contributed by atoms with van der Waals surface area (Å²) in [6.07, 6.45) is -4.72. The average molecular weight is 633 g/mol. The lowest BCUT2D eigenvalue weighted by Crippen LogP contribution is -2.40.